The van der Waals surface area contributed by atoms with Crippen LogP contribution >= 0.6 is 23.2 Å². The molecule has 0 saturated carbocycles. The minimum Gasteiger partial charge on any atom is -0.366 e. The molecule has 0 bridgehead atoms. The van der Waals surface area contributed by atoms with E-state index in [1.165, 1.54) is 0 Å². The van der Waals surface area contributed by atoms with Gasteiger partial charge in [-0.25, -0.2) is 0 Å². The third kappa shape index (κ3) is 5.79. The monoisotopic (exact) mass is 493 g/mol. The summed E-state index contributed by atoms with van der Waals surface area (Å²) in [7, 11) is 0. The minimum absolute atomic E-state index is 0.0119. The SMILES string of the molecule is Cc1ccc(C(=O)Nc2cc(Cl)ccc2N2CCN(C(=O)/C=C/c3ccccc3)CC2)c(Cl)c1. The van der Waals surface area contributed by atoms with Crippen molar-refractivity contribution in [2.45, 2.75) is 6.92 Å². The summed E-state index contributed by atoms with van der Waals surface area (Å²) in [5.41, 5.74) is 3.84. The molecule has 0 radical (unpaired) electrons. The molecule has 3 aromatic carbocycles. The molecular weight excluding hydrogens is 469 g/mol. The summed E-state index contributed by atoms with van der Waals surface area (Å²) in [6, 6.07) is 20.5. The van der Waals surface area contributed by atoms with Gasteiger partial charge in [0.2, 0.25) is 5.91 Å². The van der Waals surface area contributed by atoms with Crippen LogP contribution < -0.4 is 10.2 Å². The first-order valence-electron chi connectivity index (χ1n) is 11.0. The van der Waals surface area contributed by atoms with E-state index in [9.17, 15) is 9.59 Å². The number of amides is 2. The summed E-state index contributed by atoms with van der Waals surface area (Å²) < 4.78 is 0. The molecule has 1 aliphatic heterocycles. The topological polar surface area (TPSA) is 52.7 Å². The van der Waals surface area contributed by atoms with Crippen LogP contribution in [-0.2, 0) is 4.79 Å². The number of rotatable bonds is 5. The Morgan fingerprint density at radius 3 is 2.35 bits per heavy atom. The van der Waals surface area contributed by atoms with Gasteiger partial charge in [0.05, 0.1) is 22.0 Å². The average molecular weight is 494 g/mol. The molecule has 1 heterocycles. The second kappa shape index (κ2) is 10.8. The number of halogens is 2. The van der Waals surface area contributed by atoms with Gasteiger partial charge >= 0.3 is 0 Å². The van der Waals surface area contributed by atoms with Crippen LogP contribution in [0, 0.1) is 6.92 Å². The lowest BCUT2D eigenvalue weighted by atomic mass is 10.1. The first-order valence-corrected chi connectivity index (χ1v) is 11.8. The van der Waals surface area contributed by atoms with Crippen LogP contribution in [0.5, 0.6) is 0 Å². The molecule has 5 nitrogen and oxygen atoms in total. The standard InChI is InChI=1S/C27H25Cl2N3O2/c1-19-7-10-22(23(29)17-19)27(34)30-24-18-21(28)9-11-25(24)31-13-15-32(16-14-31)26(33)12-8-20-5-3-2-4-6-20/h2-12,17-18H,13-16H2,1H3,(H,30,34)/b12-8+. The molecule has 0 atom stereocenters. The van der Waals surface area contributed by atoms with Gasteiger partial charge in [-0.3, -0.25) is 9.59 Å². The van der Waals surface area contributed by atoms with Crippen molar-refractivity contribution in [3.05, 3.63) is 99.5 Å². The molecule has 3 aromatic rings. The van der Waals surface area contributed by atoms with E-state index < -0.39 is 0 Å². The summed E-state index contributed by atoms with van der Waals surface area (Å²) in [5, 5.41) is 3.88. The molecule has 7 heteroatoms. The number of nitrogens with one attached hydrogen (secondary N) is 1. The maximum atomic E-state index is 12.9. The lowest BCUT2D eigenvalue weighted by Gasteiger charge is -2.36. The van der Waals surface area contributed by atoms with E-state index in [4.69, 9.17) is 23.2 Å². The Balaban J connectivity index is 1.43. The first kappa shape index (κ1) is 23.9. The van der Waals surface area contributed by atoms with Crippen LogP contribution in [0.3, 0.4) is 0 Å². The molecule has 1 aliphatic rings. The lowest BCUT2D eigenvalue weighted by molar-refractivity contribution is -0.126. The van der Waals surface area contributed by atoms with Crippen LogP contribution in [0.25, 0.3) is 6.08 Å². The molecule has 2 amide bonds. The molecule has 1 fully saturated rings. The molecule has 34 heavy (non-hydrogen) atoms. The Morgan fingerprint density at radius 2 is 1.65 bits per heavy atom. The molecule has 4 rings (SSSR count). The fourth-order valence-electron chi connectivity index (χ4n) is 3.88. The summed E-state index contributed by atoms with van der Waals surface area (Å²) >= 11 is 12.5. The Kier molecular flexibility index (Phi) is 7.56. The third-order valence-electron chi connectivity index (χ3n) is 5.73. The number of hydrogen-bond acceptors (Lipinski definition) is 3. The number of nitrogens with zero attached hydrogens (tertiary/aromatic N) is 2. The van der Waals surface area contributed by atoms with E-state index in [2.05, 4.69) is 10.2 Å². The highest BCUT2D eigenvalue weighted by molar-refractivity contribution is 6.34. The molecule has 0 aliphatic carbocycles. The van der Waals surface area contributed by atoms with Gasteiger partial charge < -0.3 is 15.1 Å². The molecule has 0 aromatic heterocycles. The number of aryl methyl sites for hydroxylation is 1. The van der Waals surface area contributed by atoms with E-state index in [1.54, 1.807) is 30.3 Å². The maximum Gasteiger partial charge on any atom is 0.257 e. The number of carbonyl (C=O) groups excluding carboxylic acids is 2. The van der Waals surface area contributed by atoms with Gasteiger partial charge in [0, 0.05) is 37.3 Å². The van der Waals surface area contributed by atoms with Crippen molar-refractivity contribution in [2.24, 2.45) is 0 Å². The zero-order valence-electron chi connectivity index (χ0n) is 18.8. The van der Waals surface area contributed by atoms with Crippen molar-refractivity contribution in [1.82, 2.24) is 4.90 Å². The largest absolute Gasteiger partial charge is 0.366 e. The normalized spacial score (nSPS) is 13.9. The smallest absolute Gasteiger partial charge is 0.257 e. The Hall–Kier alpha value is -3.28. The zero-order chi connectivity index (χ0) is 24.1. The number of anilines is 2. The van der Waals surface area contributed by atoms with Crippen LogP contribution in [0.15, 0.2) is 72.8 Å². The summed E-state index contributed by atoms with van der Waals surface area (Å²) in [5.74, 6) is -0.310. The first-order chi connectivity index (χ1) is 16.4. The lowest BCUT2D eigenvalue weighted by Crippen LogP contribution is -2.48. The van der Waals surface area contributed by atoms with Crippen LogP contribution in [-0.4, -0.2) is 42.9 Å². The molecular formula is C27H25Cl2N3O2. The molecule has 0 unspecified atom stereocenters. The van der Waals surface area contributed by atoms with Crippen molar-refractivity contribution in [3.8, 4) is 0 Å². The number of carbonyl (C=O) groups is 2. The molecule has 174 valence electrons. The van der Waals surface area contributed by atoms with Crippen LogP contribution in [0.4, 0.5) is 11.4 Å². The third-order valence-corrected chi connectivity index (χ3v) is 6.27. The van der Waals surface area contributed by atoms with E-state index in [0.717, 1.165) is 16.8 Å². The quantitative estimate of drug-likeness (QED) is 0.449. The number of hydrogen-bond donors (Lipinski definition) is 1. The van der Waals surface area contributed by atoms with Crippen LogP contribution in [0.2, 0.25) is 10.0 Å². The summed E-state index contributed by atoms with van der Waals surface area (Å²) in [6.07, 6.45) is 3.45. The van der Waals surface area contributed by atoms with Gasteiger partial charge in [-0.15, -0.1) is 0 Å². The maximum absolute atomic E-state index is 12.9. The van der Waals surface area contributed by atoms with E-state index >= 15 is 0 Å². The Labute approximate surface area is 209 Å². The number of benzene rings is 3. The summed E-state index contributed by atoms with van der Waals surface area (Å²) in [4.78, 5) is 29.5. The highest BCUT2D eigenvalue weighted by Crippen LogP contribution is 2.31. The summed E-state index contributed by atoms with van der Waals surface area (Å²) in [6.45, 7) is 4.36. The molecule has 0 spiro atoms. The van der Waals surface area contributed by atoms with E-state index in [0.29, 0.717) is 47.5 Å². The molecule has 1 N–H and O–H groups in total. The van der Waals surface area contributed by atoms with Gasteiger partial charge in [0.15, 0.2) is 0 Å². The second-order valence-electron chi connectivity index (χ2n) is 8.16. The van der Waals surface area contributed by atoms with Crippen molar-refractivity contribution in [2.75, 3.05) is 36.4 Å². The highest BCUT2D eigenvalue weighted by atomic mass is 35.5. The minimum atomic E-state index is -0.298. The van der Waals surface area contributed by atoms with Crippen molar-refractivity contribution in [1.29, 1.82) is 0 Å². The van der Waals surface area contributed by atoms with E-state index in [1.807, 2.05) is 60.4 Å². The average Bonchev–Trinajstić information content (AvgIpc) is 2.83. The van der Waals surface area contributed by atoms with Gasteiger partial charge in [0.25, 0.3) is 5.91 Å². The van der Waals surface area contributed by atoms with Gasteiger partial charge in [-0.1, -0.05) is 59.6 Å². The van der Waals surface area contributed by atoms with Crippen molar-refractivity contribution < 1.29 is 9.59 Å². The fraction of sp³-hybridized carbons (Fsp3) is 0.185. The number of piperazine rings is 1. The van der Waals surface area contributed by atoms with Gasteiger partial charge in [-0.2, -0.15) is 0 Å². The molecule has 1 saturated heterocycles. The second-order valence-corrected chi connectivity index (χ2v) is 9.00. The fourth-order valence-corrected chi connectivity index (χ4v) is 4.38. The predicted octanol–water partition coefficient (Wildman–Crippen LogP) is 5.92. The van der Waals surface area contributed by atoms with Crippen molar-refractivity contribution >= 4 is 52.5 Å². The van der Waals surface area contributed by atoms with E-state index in [-0.39, 0.29) is 11.8 Å². The van der Waals surface area contributed by atoms with Gasteiger partial charge in [-0.05, 0) is 54.5 Å². The Bertz CT molecular complexity index is 1220. The Morgan fingerprint density at radius 1 is 0.912 bits per heavy atom. The van der Waals surface area contributed by atoms with Gasteiger partial charge in [0.1, 0.15) is 0 Å². The van der Waals surface area contributed by atoms with Crippen molar-refractivity contribution in [3.63, 3.8) is 0 Å². The zero-order valence-corrected chi connectivity index (χ0v) is 20.3. The van der Waals surface area contributed by atoms with Crippen LogP contribution in [0.1, 0.15) is 21.5 Å². The predicted molar refractivity (Wildman–Crippen MR) is 140 cm³/mol. The highest BCUT2D eigenvalue weighted by Gasteiger charge is 2.23.